The van der Waals surface area contributed by atoms with E-state index >= 15 is 0 Å². The number of rotatable bonds is 5. The molecule has 0 radical (unpaired) electrons. The molecule has 0 atom stereocenters. The van der Waals surface area contributed by atoms with Gasteiger partial charge in [-0.15, -0.1) is 24.0 Å². The Morgan fingerprint density at radius 2 is 2.08 bits per heavy atom. The Kier molecular flexibility index (Phi) is 7.83. The molecule has 138 valence electrons. The molecular formula is C18H20BrFIN5. The van der Waals surface area contributed by atoms with Gasteiger partial charge in [-0.2, -0.15) is 0 Å². The maximum absolute atomic E-state index is 13.2. The predicted molar refractivity (Wildman–Crippen MR) is 117 cm³/mol. The van der Waals surface area contributed by atoms with Crippen molar-refractivity contribution in [1.82, 2.24) is 20.0 Å². The summed E-state index contributed by atoms with van der Waals surface area (Å²) >= 11 is 3.45. The first-order valence-corrected chi connectivity index (χ1v) is 8.75. The highest BCUT2D eigenvalue weighted by Crippen LogP contribution is 2.12. The molecule has 0 amide bonds. The Bertz CT molecular complexity index is 896. The summed E-state index contributed by atoms with van der Waals surface area (Å²) in [7, 11) is 1.72. The van der Waals surface area contributed by atoms with Crippen LogP contribution in [0.1, 0.15) is 11.3 Å². The molecule has 0 bridgehead atoms. The number of guanidine groups is 1. The third kappa shape index (κ3) is 5.66. The van der Waals surface area contributed by atoms with Gasteiger partial charge in [0.25, 0.3) is 0 Å². The van der Waals surface area contributed by atoms with Crippen LogP contribution in [0.4, 0.5) is 4.39 Å². The van der Waals surface area contributed by atoms with Crippen LogP contribution in [-0.2, 0) is 13.0 Å². The lowest BCUT2D eigenvalue weighted by atomic mass is 10.1. The molecule has 0 aliphatic carbocycles. The maximum Gasteiger partial charge on any atom is 0.191 e. The standard InChI is InChI=1S/C18H19BrFN5.HI/c1-21-18(22-8-7-13-3-2-4-15(20)9-13)23-10-16-12-25-11-14(19)5-6-17(25)24-16;/h2-6,9,11-12H,7-8,10H2,1H3,(H2,21,22,23);1H. The fourth-order valence-corrected chi connectivity index (χ4v) is 2.87. The first-order chi connectivity index (χ1) is 12.1. The van der Waals surface area contributed by atoms with Crippen molar-refractivity contribution in [2.75, 3.05) is 13.6 Å². The molecule has 0 aliphatic heterocycles. The van der Waals surface area contributed by atoms with Gasteiger partial charge in [0, 0.05) is 30.5 Å². The lowest BCUT2D eigenvalue weighted by Gasteiger charge is -2.11. The van der Waals surface area contributed by atoms with Gasteiger partial charge in [-0.1, -0.05) is 12.1 Å². The molecule has 0 saturated heterocycles. The molecule has 2 N–H and O–H groups in total. The molecule has 3 aromatic rings. The Morgan fingerprint density at radius 3 is 2.85 bits per heavy atom. The summed E-state index contributed by atoms with van der Waals surface area (Å²) in [5.41, 5.74) is 2.77. The quantitative estimate of drug-likeness (QED) is 0.299. The highest BCUT2D eigenvalue weighted by Gasteiger charge is 2.04. The minimum atomic E-state index is -0.210. The van der Waals surface area contributed by atoms with Crippen LogP contribution in [0, 0.1) is 5.82 Å². The molecule has 2 heterocycles. The molecule has 8 heteroatoms. The topological polar surface area (TPSA) is 53.7 Å². The van der Waals surface area contributed by atoms with Crippen LogP contribution in [0.25, 0.3) is 5.65 Å². The molecule has 0 spiro atoms. The van der Waals surface area contributed by atoms with Crippen LogP contribution in [0.2, 0.25) is 0 Å². The van der Waals surface area contributed by atoms with Crippen LogP contribution in [0.5, 0.6) is 0 Å². The molecule has 26 heavy (non-hydrogen) atoms. The van der Waals surface area contributed by atoms with E-state index in [1.165, 1.54) is 6.07 Å². The number of hydrogen-bond acceptors (Lipinski definition) is 2. The van der Waals surface area contributed by atoms with Gasteiger partial charge >= 0.3 is 0 Å². The Balaban J connectivity index is 0.00000243. The number of benzene rings is 1. The van der Waals surface area contributed by atoms with E-state index in [1.54, 1.807) is 19.2 Å². The summed E-state index contributed by atoms with van der Waals surface area (Å²) in [6.45, 7) is 1.24. The van der Waals surface area contributed by atoms with Gasteiger partial charge in [0.2, 0.25) is 0 Å². The second-order valence-electron chi connectivity index (χ2n) is 5.58. The van der Waals surface area contributed by atoms with Crippen molar-refractivity contribution in [3.8, 4) is 0 Å². The van der Waals surface area contributed by atoms with Crippen molar-refractivity contribution in [1.29, 1.82) is 0 Å². The van der Waals surface area contributed by atoms with Gasteiger partial charge in [-0.25, -0.2) is 9.37 Å². The van der Waals surface area contributed by atoms with E-state index in [4.69, 9.17) is 0 Å². The molecule has 0 unspecified atom stereocenters. The normalized spacial score (nSPS) is 11.3. The van der Waals surface area contributed by atoms with Crippen LogP contribution in [-0.4, -0.2) is 28.9 Å². The van der Waals surface area contributed by atoms with Crippen molar-refractivity contribution in [3.05, 3.63) is 70.3 Å². The summed E-state index contributed by atoms with van der Waals surface area (Å²) < 4.78 is 16.2. The lowest BCUT2D eigenvalue weighted by Crippen LogP contribution is -2.37. The highest BCUT2D eigenvalue weighted by atomic mass is 127. The molecule has 0 fully saturated rings. The smallest absolute Gasteiger partial charge is 0.191 e. The number of nitrogens with one attached hydrogen (secondary N) is 2. The van der Waals surface area contributed by atoms with E-state index in [2.05, 4.69) is 36.5 Å². The van der Waals surface area contributed by atoms with Crippen molar-refractivity contribution < 1.29 is 4.39 Å². The van der Waals surface area contributed by atoms with E-state index < -0.39 is 0 Å². The van der Waals surface area contributed by atoms with Crippen molar-refractivity contribution in [2.45, 2.75) is 13.0 Å². The summed E-state index contributed by atoms with van der Waals surface area (Å²) in [5.74, 6) is 0.480. The van der Waals surface area contributed by atoms with E-state index in [1.807, 2.05) is 35.0 Å². The number of halogens is 3. The van der Waals surface area contributed by atoms with E-state index in [9.17, 15) is 4.39 Å². The van der Waals surface area contributed by atoms with Crippen molar-refractivity contribution in [2.24, 2.45) is 4.99 Å². The molecule has 0 saturated carbocycles. The highest BCUT2D eigenvalue weighted by molar-refractivity contribution is 14.0. The molecule has 0 aliphatic rings. The second-order valence-corrected chi connectivity index (χ2v) is 6.49. The van der Waals surface area contributed by atoms with E-state index in [0.29, 0.717) is 19.0 Å². The van der Waals surface area contributed by atoms with Crippen LogP contribution < -0.4 is 10.6 Å². The van der Waals surface area contributed by atoms with Crippen molar-refractivity contribution >= 4 is 51.5 Å². The second kappa shape index (κ2) is 9.86. The number of pyridine rings is 1. The molecule has 3 rings (SSSR count). The number of aliphatic imine (C=N–C) groups is 1. The predicted octanol–water partition coefficient (Wildman–Crippen LogP) is 3.76. The summed E-state index contributed by atoms with van der Waals surface area (Å²) in [6.07, 6.45) is 4.67. The lowest BCUT2D eigenvalue weighted by molar-refractivity contribution is 0.625. The van der Waals surface area contributed by atoms with Crippen LogP contribution in [0.3, 0.4) is 0 Å². The number of fused-ring (bicyclic) bond motifs is 1. The number of imidazole rings is 1. The Morgan fingerprint density at radius 1 is 1.23 bits per heavy atom. The third-order valence-corrected chi connectivity index (χ3v) is 4.19. The fraction of sp³-hybridized carbons (Fsp3) is 0.222. The van der Waals surface area contributed by atoms with Gasteiger partial charge < -0.3 is 15.0 Å². The zero-order chi connectivity index (χ0) is 17.6. The SMILES string of the molecule is CN=C(NCCc1cccc(F)c1)NCc1cn2cc(Br)ccc2n1.I. The monoisotopic (exact) mass is 531 g/mol. The average molecular weight is 532 g/mol. The van der Waals surface area contributed by atoms with Gasteiger partial charge in [-0.05, 0) is 52.2 Å². The minimum Gasteiger partial charge on any atom is -0.356 e. The number of nitrogens with zero attached hydrogens (tertiary/aromatic N) is 3. The van der Waals surface area contributed by atoms with Crippen molar-refractivity contribution in [3.63, 3.8) is 0 Å². The van der Waals surface area contributed by atoms with E-state index in [-0.39, 0.29) is 29.8 Å². The van der Waals surface area contributed by atoms with Crippen LogP contribution in [0.15, 0.2) is 58.3 Å². The maximum atomic E-state index is 13.2. The van der Waals surface area contributed by atoms with Gasteiger partial charge in [0.15, 0.2) is 5.96 Å². The third-order valence-electron chi connectivity index (χ3n) is 3.72. The number of aromatic nitrogens is 2. The fourth-order valence-electron chi connectivity index (χ4n) is 2.51. The Hall–Kier alpha value is -1.68. The molecule has 1 aromatic carbocycles. The summed E-state index contributed by atoms with van der Waals surface area (Å²) in [6, 6.07) is 10.6. The largest absolute Gasteiger partial charge is 0.356 e. The molecule has 5 nitrogen and oxygen atoms in total. The van der Waals surface area contributed by atoms with Crippen LogP contribution >= 0.6 is 39.9 Å². The zero-order valence-corrected chi connectivity index (χ0v) is 18.2. The van der Waals surface area contributed by atoms with E-state index in [0.717, 1.165) is 27.8 Å². The Labute approximate surface area is 177 Å². The van der Waals surface area contributed by atoms with Gasteiger partial charge in [0.05, 0.1) is 12.2 Å². The molecular weight excluding hydrogens is 512 g/mol. The summed E-state index contributed by atoms with van der Waals surface area (Å²) in [5, 5.41) is 6.46. The minimum absolute atomic E-state index is 0. The molecule has 2 aromatic heterocycles. The summed E-state index contributed by atoms with van der Waals surface area (Å²) in [4.78, 5) is 8.75. The first kappa shape index (κ1) is 20.6. The average Bonchev–Trinajstić information content (AvgIpc) is 3.00. The zero-order valence-electron chi connectivity index (χ0n) is 14.2. The number of hydrogen-bond donors (Lipinski definition) is 2. The van der Waals surface area contributed by atoms with Gasteiger partial charge in [0.1, 0.15) is 11.5 Å². The van der Waals surface area contributed by atoms with Gasteiger partial charge in [-0.3, -0.25) is 4.99 Å². The first-order valence-electron chi connectivity index (χ1n) is 7.96.